The van der Waals surface area contributed by atoms with Crippen LogP contribution in [0.2, 0.25) is 0 Å². The van der Waals surface area contributed by atoms with Crippen LogP contribution in [0.1, 0.15) is 54.1 Å². The van der Waals surface area contributed by atoms with Crippen molar-refractivity contribution >= 4 is 29.4 Å². The van der Waals surface area contributed by atoms with Crippen molar-refractivity contribution in [3.8, 4) is 17.1 Å². The van der Waals surface area contributed by atoms with Gasteiger partial charge in [-0.1, -0.05) is 35.6 Å². The largest absolute Gasteiger partial charge is 0.497 e. The number of esters is 1. The topological polar surface area (TPSA) is 120 Å². The molecule has 1 N–H and O–H groups in total. The van der Waals surface area contributed by atoms with Crippen LogP contribution in [0.25, 0.3) is 17.4 Å². The minimum Gasteiger partial charge on any atom is -0.497 e. The minimum atomic E-state index is -1.02. The third-order valence-electron chi connectivity index (χ3n) is 6.75. The molecule has 0 aliphatic carbocycles. The lowest BCUT2D eigenvalue weighted by molar-refractivity contribution is -0.143. The SMILES string of the molecule is COc1ccc(C2C(C(=O)OC(C)C)=C(C)N=c3s/c(=C/c4ccc(-c5cccc(C(=O)O)c5C)o4)c(=O)n32)cc1. The first-order chi connectivity index (χ1) is 19.6. The molecule has 210 valence electrons. The summed E-state index contributed by atoms with van der Waals surface area (Å²) in [4.78, 5) is 43.7. The van der Waals surface area contributed by atoms with Gasteiger partial charge < -0.3 is 19.0 Å². The van der Waals surface area contributed by atoms with E-state index >= 15 is 0 Å². The van der Waals surface area contributed by atoms with Crippen LogP contribution >= 0.6 is 11.3 Å². The van der Waals surface area contributed by atoms with Gasteiger partial charge in [0.05, 0.1) is 40.6 Å². The molecule has 0 fully saturated rings. The van der Waals surface area contributed by atoms with Crippen molar-refractivity contribution in [1.29, 1.82) is 0 Å². The number of benzene rings is 2. The van der Waals surface area contributed by atoms with Gasteiger partial charge in [-0.05, 0) is 69.2 Å². The predicted octanol–water partition coefficient (Wildman–Crippen LogP) is 4.46. The number of furan rings is 1. The highest BCUT2D eigenvalue weighted by molar-refractivity contribution is 7.07. The van der Waals surface area contributed by atoms with E-state index in [1.165, 1.54) is 22.0 Å². The molecule has 41 heavy (non-hydrogen) atoms. The van der Waals surface area contributed by atoms with Crippen LogP contribution in [0.3, 0.4) is 0 Å². The number of carbonyl (C=O) groups excluding carboxylic acids is 1. The van der Waals surface area contributed by atoms with E-state index in [0.717, 1.165) is 0 Å². The van der Waals surface area contributed by atoms with Gasteiger partial charge in [-0.15, -0.1) is 0 Å². The van der Waals surface area contributed by atoms with Gasteiger partial charge in [0.15, 0.2) is 4.80 Å². The van der Waals surface area contributed by atoms with Crippen molar-refractivity contribution in [3.05, 3.63) is 108 Å². The van der Waals surface area contributed by atoms with Crippen molar-refractivity contribution < 1.29 is 28.6 Å². The fraction of sp³-hybridized carbons (Fsp3) is 0.226. The number of aromatic carboxylic acids is 1. The Morgan fingerprint density at radius 2 is 1.83 bits per heavy atom. The van der Waals surface area contributed by atoms with Gasteiger partial charge in [0, 0.05) is 11.6 Å². The summed E-state index contributed by atoms with van der Waals surface area (Å²) < 4.78 is 18.7. The second-order valence-electron chi connectivity index (χ2n) is 9.79. The molecule has 1 aliphatic heterocycles. The predicted molar refractivity (Wildman–Crippen MR) is 154 cm³/mol. The number of allylic oxidation sites excluding steroid dienone is 1. The van der Waals surface area contributed by atoms with Crippen molar-refractivity contribution in [1.82, 2.24) is 4.57 Å². The fourth-order valence-electron chi connectivity index (χ4n) is 4.80. The van der Waals surface area contributed by atoms with Gasteiger partial charge in [-0.3, -0.25) is 9.36 Å². The van der Waals surface area contributed by atoms with E-state index in [1.807, 2.05) is 12.1 Å². The Balaban J connectivity index is 1.62. The second kappa shape index (κ2) is 11.1. The maximum atomic E-state index is 13.8. The van der Waals surface area contributed by atoms with E-state index < -0.39 is 18.0 Å². The van der Waals surface area contributed by atoms with Crippen molar-refractivity contribution in [2.75, 3.05) is 7.11 Å². The van der Waals surface area contributed by atoms with Gasteiger partial charge in [-0.25, -0.2) is 14.6 Å². The Morgan fingerprint density at radius 1 is 1.10 bits per heavy atom. The number of thiazole rings is 1. The molecule has 4 aromatic rings. The van der Waals surface area contributed by atoms with Crippen LogP contribution < -0.4 is 19.6 Å². The average Bonchev–Trinajstić information content (AvgIpc) is 3.51. The zero-order valence-corrected chi connectivity index (χ0v) is 23.9. The Hall–Kier alpha value is -4.70. The van der Waals surface area contributed by atoms with E-state index in [9.17, 15) is 19.5 Å². The van der Waals surface area contributed by atoms with Crippen LogP contribution in [-0.2, 0) is 9.53 Å². The molecule has 0 bridgehead atoms. The molecule has 1 aliphatic rings. The Labute approximate surface area is 239 Å². The highest BCUT2D eigenvalue weighted by Crippen LogP contribution is 2.32. The number of carboxylic acid groups (broad SMARTS) is 1. The maximum Gasteiger partial charge on any atom is 0.338 e. The summed E-state index contributed by atoms with van der Waals surface area (Å²) in [6.07, 6.45) is 1.28. The van der Waals surface area contributed by atoms with Crippen LogP contribution in [0.4, 0.5) is 0 Å². The number of carboxylic acids is 1. The third kappa shape index (κ3) is 5.26. The molecule has 0 saturated heterocycles. The van der Waals surface area contributed by atoms with Gasteiger partial charge >= 0.3 is 11.9 Å². The first-order valence-electron chi connectivity index (χ1n) is 12.9. The van der Waals surface area contributed by atoms with Crippen molar-refractivity contribution in [2.45, 2.75) is 39.8 Å². The lowest BCUT2D eigenvalue weighted by Gasteiger charge is -2.25. The summed E-state index contributed by atoms with van der Waals surface area (Å²) in [7, 11) is 1.57. The average molecular weight is 573 g/mol. The molecule has 9 nitrogen and oxygen atoms in total. The van der Waals surface area contributed by atoms with E-state index in [0.29, 0.717) is 49.0 Å². The number of methoxy groups -OCH3 is 1. The van der Waals surface area contributed by atoms with E-state index in [2.05, 4.69) is 4.99 Å². The van der Waals surface area contributed by atoms with Gasteiger partial charge in [0.2, 0.25) is 0 Å². The summed E-state index contributed by atoms with van der Waals surface area (Å²) in [5, 5.41) is 9.47. The molecule has 0 amide bonds. The zero-order chi connectivity index (χ0) is 29.4. The molecular weight excluding hydrogens is 544 g/mol. The molecule has 2 aromatic heterocycles. The lowest BCUT2D eigenvalue weighted by Crippen LogP contribution is -2.40. The van der Waals surface area contributed by atoms with E-state index in [-0.39, 0.29) is 22.8 Å². The molecule has 1 atom stereocenters. The molecule has 5 rings (SSSR count). The lowest BCUT2D eigenvalue weighted by atomic mass is 9.96. The van der Waals surface area contributed by atoms with Gasteiger partial charge in [-0.2, -0.15) is 0 Å². The molecule has 3 heterocycles. The Kier molecular flexibility index (Phi) is 7.51. The highest BCUT2D eigenvalue weighted by atomic mass is 32.1. The molecule has 0 radical (unpaired) electrons. The number of hydrogen-bond acceptors (Lipinski definition) is 8. The smallest absolute Gasteiger partial charge is 0.338 e. The maximum absolute atomic E-state index is 13.8. The van der Waals surface area contributed by atoms with Gasteiger partial charge in [0.25, 0.3) is 5.56 Å². The van der Waals surface area contributed by atoms with Gasteiger partial charge in [0.1, 0.15) is 17.3 Å². The molecule has 10 heteroatoms. The first kappa shape index (κ1) is 27.9. The number of rotatable bonds is 7. The molecular formula is C31H28N2O7S. The summed E-state index contributed by atoms with van der Waals surface area (Å²) >= 11 is 1.19. The summed E-state index contributed by atoms with van der Waals surface area (Å²) in [5.41, 5.74) is 2.55. The summed E-state index contributed by atoms with van der Waals surface area (Å²) in [6.45, 7) is 6.99. The quantitative estimate of drug-likeness (QED) is 0.325. The molecule has 1 unspecified atom stereocenters. The second-order valence-corrected chi connectivity index (χ2v) is 10.8. The van der Waals surface area contributed by atoms with Crippen LogP contribution in [0.5, 0.6) is 5.75 Å². The van der Waals surface area contributed by atoms with Crippen LogP contribution in [-0.4, -0.2) is 34.8 Å². The van der Waals surface area contributed by atoms with Crippen molar-refractivity contribution in [3.63, 3.8) is 0 Å². The standard InChI is InChI=1S/C31H28N2O7S/c1-16(2)39-30(37)26-18(4)32-31-33(27(26)19-9-11-20(38-5)12-10-19)28(34)25(41-31)15-21-13-14-24(40-21)22-7-6-8-23(17(22)3)29(35)36/h6-16,27H,1-5H3,(H,35,36)/b25-15+. The Bertz CT molecular complexity index is 1870. The third-order valence-corrected chi connectivity index (χ3v) is 7.73. The molecule has 0 spiro atoms. The first-order valence-corrected chi connectivity index (χ1v) is 13.7. The van der Waals surface area contributed by atoms with Crippen LogP contribution in [0, 0.1) is 6.92 Å². The Morgan fingerprint density at radius 3 is 2.49 bits per heavy atom. The van der Waals surface area contributed by atoms with Crippen molar-refractivity contribution in [2.24, 2.45) is 4.99 Å². The number of nitrogens with zero attached hydrogens (tertiary/aromatic N) is 2. The number of fused-ring (bicyclic) bond motifs is 1. The summed E-state index contributed by atoms with van der Waals surface area (Å²) in [5.74, 6) is -0.00987. The highest BCUT2D eigenvalue weighted by Gasteiger charge is 2.33. The van der Waals surface area contributed by atoms with Crippen LogP contribution in [0.15, 0.2) is 80.1 Å². The monoisotopic (exact) mass is 572 g/mol. The summed E-state index contributed by atoms with van der Waals surface area (Å²) in [6, 6.07) is 14.9. The molecule has 0 saturated carbocycles. The number of hydrogen-bond donors (Lipinski definition) is 1. The van der Waals surface area contributed by atoms with E-state index in [1.54, 1.807) is 77.3 Å². The number of ether oxygens (including phenoxy) is 2. The number of aromatic nitrogens is 1. The number of carbonyl (C=O) groups is 2. The normalized spacial score (nSPS) is 15.1. The van der Waals surface area contributed by atoms with E-state index in [4.69, 9.17) is 13.9 Å². The zero-order valence-electron chi connectivity index (χ0n) is 23.1. The fourth-order valence-corrected chi connectivity index (χ4v) is 5.83. The molecule has 2 aromatic carbocycles. The minimum absolute atomic E-state index is 0.189.